The highest BCUT2D eigenvalue weighted by atomic mass is 35.5. The summed E-state index contributed by atoms with van der Waals surface area (Å²) >= 11 is 5.73. The number of hydrogen-bond acceptors (Lipinski definition) is 3. The first-order chi connectivity index (χ1) is 7.15. The third kappa shape index (κ3) is 3.42. The second-order valence-electron chi connectivity index (χ2n) is 2.79. The molecular formula is C10H11ClO4. The molecule has 5 heteroatoms. The summed E-state index contributed by atoms with van der Waals surface area (Å²) in [5.41, 5.74) is 0.0931. The van der Waals surface area contributed by atoms with E-state index in [0.29, 0.717) is 11.6 Å². The molecule has 0 bridgehead atoms. The minimum absolute atomic E-state index is 0.0931. The van der Waals surface area contributed by atoms with Gasteiger partial charge in [-0.1, -0.05) is 11.6 Å². The molecule has 0 aliphatic carbocycles. The van der Waals surface area contributed by atoms with E-state index in [2.05, 4.69) is 0 Å². The number of rotatable bonds is 5. The van der Waals surface area contributed by atoms with Crippen molar-refractivity contribution in [2.24, 2.45) is 0 Å². The van der Waals surface area contributed by atoms with E-state index >= 15 is 0 Å². The summed E-state index contributed by atoms with van der Waals surface area (Å²) < 4.78 is 10.0. The van der Waals surface area contributed by atoms with Crippen molar-refractivity contribution in [1.82, 2.24) is 0 Å². The van der Waals surface area contributed by atoms with Crippen LogP contribution in [0.5, 0.6) is 5.75 Å². The second-order valence-corrected chi connectivity index (χ2v) is 3.22. The van der Waals surface area contributed by atoms with Gasteiger partial charge < -0.3 is 14.6 Å². The SMILES string of the molecule is COCCOc1cc(Cl)ccc1C(=O)O. The quantitative estimate of drug-likeness (QED) is 0.787. The van der Waals surface area contributed by atoms with Crippen molar-refractivity contribution >= 4 is 17.6 Å². The monoisotopic (exact) mass is 230 g/mol. The molecule has 0 aliphatic rings. The van der Waals surface area contributed by atoms with Crippen LogP contribution in [-0.2, 0) is 4.74 Å². The van der Waals surface area contributed by atoms with Gasteiger partial charge in [-0.05, 0) is 18.2 Å². The molecule has 0 aliphatic heterocycles. The van der Waals surface area contributed by atoms with Gasteiger partial charge in [-0.3, -0.25) is 0 Å². The molecular weight excluding hydrogens is 220 g/mol. The molecule has 0 unspecified atom stereocenters. The van der Waals surface area contributed by atoms with Gasteiger partial charge in [0.25, 0.3) is 0 Å². The Bertz CT molecular complexity index is 351. The summed E-state index contributed by atoms with van der Waals surface area (Å²) in [6.45, 7) is 0.683. The highest BCUT2D eigenvalue weighted by Crippen LogP contribution is 2.23. The molecule has 0 heterocycles. The standard InChI is InChI=1S/C10H11ClO4/c1-14-4-5-15-9-6-7(11)2-3-8(9)10(12)13/h2-3,6H,4-5H2,1H3,(H,12,13). The van der Waals surface area contributed by atoms with Crippen LogP contribution < -0.4 is 4.74 Å². The van der Waals surface area contributed by atoms with E-state index in [9.17, 15) is 4.79 Å². The van der Waals surface area contributed by atoms with Crippen LogP contribution in [0.3, 0.4) is 0 Å². The van der Waals surface area contributed by atoms with Crippen molar-refractivity contribution in [3.05, 3.63) is 28.8 Å². The van der Waals surface area contributed by atoms with Crippen molar-refractivity contribution in [1.29, 1.82) is 0 Å². The summed E-state index contributed by atoms with van der Waals surface area (Å²) in [5.74, 6) is -0.786. The Morgan fingerprint density at radius 1 is 1.47 bits per heavy atom. The van der Waals surface area contributed by atoms with E-state index in [1.807, 2.05) is 0 Å². The number of carbonyl (C=O) groups is 1. The molecule has 0 saturated heterocycles. The van der Waals surface area contributed by atoms with Gasteiger partial charge >= 0.3 is 5.97 Å². The van der Waals surface area contributed by atoms with E-state index < -0.39 is 5.97 Å². The first-order valence-corrected chi connectivity index (χ1v) is 4.67. The molecule has 0 saturated carbocycles. The van der Waals surface area contributed by atoms with Gasteiger partial charge in [0.1, 0.15) is 17.9 Å². The van der Waals surface area contributed by atoms with Gasteiger partial charge in [-0.25, -0.2) is 4.79 Å². The lowest BCUT2D eigenvalue weighted by atomic mass is 10.2. The van der Waals surface area contributed by atoms with Crippen LogP contribution in [0, 0.1) is 0 Å². The Morgan fingerprint density at radius 2 is 2.20 bits per heavy atom. The second kappa shape index (κ2) is 5.58. The van der Waals surface area contributed by atoms with Crippen LogP contribution in [-0.4, -0.2) is 31.4 Å². The third-order valence-corrected chi connectivity index (χ3v) is 1.95. The smallest absolute Gasteiger partial charge is 0.339 e. The molecule has 82 valence electrons. The Hall–Kier alpha value is -1.26. The number of aromatic carboxylic acids is 1. The maximum absolute atomic E-state index is 10.8. The minimum atomic E-state index is -1.04. The highest BCUT2D eigenvalue weighted by Gasteiger charge is 2.11. The van der Waals surface area contributed by atoms with E-state index in [0.717, 1.165) is 0 Å². The topological polar surface area (TPSA) is 55.8 Å². The number of carboxylic acids is 1. The average Bonchev–Trinajstić information content (AvgIpc) is 2.18. The lowest BCUT2D eigenvalue weighted by Crippen LogP contribution is -2.08. The van der Waals surface area contributed by atoms with Crippen molar-refractivity contribution < 1.29 is 19.4 Å². The van der Waals surface area contributed by atoms with Gasteiger partial charge in [0, 0.05) is 12.1 Å². The van der Waals surface area contributed by atoms with Gasteiger partial charge in [0.2, 0.25) is 0 Å². The zero-order valence-electron chi connectivity index (χ0n) is 8.20. The molecule has 1 rings (SSSR count). The first-order valence-electron chi connectivity index (χ1n) is 4.29. The maximum Gasteiger partial charge on any atom is 0.339 e. The molecule has 1 aromatic rings. The first kappa shape index (κ1) is 11.8. The summed E-state index contributed by atoms with van der Waals surface area (Å²) in [4.78, 5) is 10.8. The van der Waals surface area contributed by atoms with Crippen LogP contribution in [0.2, 0.25) is 5.02 Å². The zero-order chi connectivity index (χ0) is 11.3. The van der Waals surface area contributed by atoms with E-state index in [4.69, 9.17) is 26.2 Å². The predicted octanol–water partition coefficient (Wildman–Crippen LogP) is 2.06. The van der Waals surface area contributed by atoms with Crippen LogP contribution >= 0.6 is 11.6 Å². The number of carboxylic acid groups (broad SMARTS) is 1. The zero-order valence-corrected chi connectivity index (χ0v) is 8.95. The molecule has 15 heavy (non-hydrogen) atoms. The van der Waals surface area contributed by atoms with Crippen molar-refractivity contribution in [2.45, 2.75) is 0 Å². The fourth-order valence-electron chi connectivity index (χ4n) is 1.03. The normalized spacial score (nSPS) is 10.0. The fraction of sp³-hybridized carbons (Fsp3) is 0.300. The molecule has 1 aromatic carbocycles. The molecule has 0 amide bonds. The van der Waals surface area contributed by atoms with Gasteiger partial charge in [-0.2, -0.15) is 0 Å². The van der Waals surface area contributed by atoms with E-state index in [1.54, 1.807) is 7.11 Å². The van der Waals surface area contributed by atoms with Crippen LogP contribution in [0.4, 0.5) is 0 Å². The van der Waals surface area contributed by atoms with Crippen LogP contribution in [0.1, 0.15) is 10.4 Å². The highest BCUT2D eigenvalue weighted by molar-refractivity contribution is 6.30. The number of hydrogen-bond donors (Lipinski definition) is 1. The van der Waals surface area contributed by atoms with Crippen molar-refractivity contribution in [3.8, 4) is 5.75 Å². The van der Waals surface area contributed by atoms with Crippen LogP contribution in [0.25, 0.3) is 0 Å². The summed E-state index contributed by atoms with van der Waals surface area (Å²) in [5, 5.41) is 9.30. The maximum atomic E-state index is 10.8. The molecule has 0 fully saturated rings. The molecule has 1 N–H and O–H groups in total. The van der Waals surface area contributed by atoms with Gasteiger partial charge in [0.05, 0.1) is 6.61 Å². The van der Waals surface area contributed by atoms with Gasteiger partial charge in [0.15, 0.2) is 0 Å². The Kier molecular flexibility index (Phi) is 4.39. The number of methoxy groups -OCH3 is 1. The van der Waals surface area contributed by atoms with Gasteiger partial charge in [-0.15, -0.1) is 0 Å². The van der Waals surface area contributed by atoms with E-state index in [-0.39, 0.29) is 17.9 Å². The largest absolute Gasteiger partial charge is 0.490 e. The molecule has 4 nitrogen and oxygen atoms in total. The molecule has 0 spiro atoms. The van der Waals surface area contributed by atoms with E-state index in [1.165, 1.54) is 18.2 Å². The Morgan fingerprint density at radius 3 is 2.80 bits per heavy atom. The summed E-state index contributed by atoms with van der Waals surface area (Å²) in [7, 11) is 1.54. The Balaban J connectivity index is 2.82. The molecule has 0 aromatic heterocycles. The number of benzene rings is 1. The Labute approximate surface area is 92.4 Å². The predicted molar refractivity (Wildman–Crippen MR) is 55.8 cm³/mol. The fourth-order valence-corrected chi connectivity index (χ4v) is 1.19. The lowest BCUT2D eigenvalue weighted by Gasteiger charge is -2.08. The van der Waals surface area contributed by atoms with Crippen LogP contribution in [0.15, 0.2) is 18.2 Å². The third-order valence-electron chi connectivity index (χ3n) is 1.72. The van der Waals surface area contributed by atoms with Crippen molar-refractivity contribution in [3.63, 3.8) is 0 Å². The number of ether oxygens (including phenoxy) is 2. The molecule has 0 radical (unpaired) electrons. The minimum Gasteiger partial charge on any atom is -0.490 e. The molecule has 0 atom stereocenters. The summed E-state index contributed by atoms with van der Waals surface area (Å²) in [6, 6.07) is 4.39. The number of halogens is 1. The lowest BCUT2D eigenvalue weighted by molar-refractivity contribution is 0.0689. The summed E-state index contributed by atoms with van der Waals surface area (Å²) in [6.07, 6.45) is 0. The average molecular weight is 231 g/mol. The van der Waals surface area contributed by atoms with Crippen molar-refractivity contribution in [2.75, 3.05) is 20.3 Å².